The van der Waals surface area contributed by atoms with E-state index in [4.69, 9.17) is 11.6 Å². The molecule has 0 unspecified atom stereocenters. The summed E-state index contributed by atoms with van der Waals surface area (Å²) in [7, 11) is 0. The second kappa shape index (κ2) is 4.93. The maximum atomic E-state index is 11.6. The van der Waals surface area contributed by atoms with Crippen molar-refractivity contribution in [3.63, 3.8) is 0 Å². The number of nitro groups is 1. The van der Waals surface area contributed by atoms with Gasteiger partial charge in [-0.05, 0) is 6.92 Å². The van der Waals surface area contributed by atoms with E-state index in [-0.39, 0.29) is 19.0 Å². The third kappa shape index (κ3) is 2.13. The van der Waals surface area contributed by atoms with Crippen LogP contribution in [0, 0.1) is 10.1 Å². The van der Waals surface area contributed by atoms with Crippen molar-refractivity contribution in [2.24, 2.45) is 0 Å². The summed E-state index contributed by atoms with van der Waals surface area (Å²) in [6.45, 7) is 1.86. The lowest BCUT2D eigenvalue weighted by atomic mass is 10.5. The highest BCUT2D eigenvalue weighted by atomic mass is 35.5. The van der Waals surface area contributed by atoms with Gasteiger partial charge in [-0.1, -0.05) is 0 Å². The Morgan fingerprint density at radius 2 is 2.12 bits per heavy atom. The molecule has 88 valence electrons. The molecular weight excluding hydrogens is 238 g/mol. The smallest absolute Gasteiger partial charge is 0.294 e. The molecule has 0 fully saturated rings. The predicted molar refractivity (Wildman–Crippen MR) is 58.0 cm³/mol. The van der Waals surface area contributed by atoms with E-state index in [0.29, 0.717) is 0 Å². The molecule has 0 radical (unpaired) electrons. The van der Waals surface area contributed by atoms with Crippen LogP contribution >= 0.6 is 11.6 Å². The van der Waals surface area contributed by atoms with Crippen LogP contribution < -0.4 is 11.2 Å². The van der Waals surface area contributed by atoms with E-state index in [1.54, 1.807) is 6.92 Å². The van der Waals surface area contributed by atoms with Crippen molar-refractivity contribution < 1.29 is 4.92 Å². The lowest BCUT2D eigenvalue weighted by molar-refractivity contribution is -0.387. The van der Waals surface area contributed by atoms with Crippen molar-refractivity contribution in [3.05, 3.63) is 37.1 Å². The van der Waals surface area contributed by atoms with Crippen LogP contribution in [0.4, 0.5) is 5.69 Å². The van der Waals surface area contributed by atoms with Crippen LogP contribution in [0.1, 0.15) is 6.92 Å². The van der Waals surface area contributed by atoms with Crippen molar-refractivity contribution in [2.75, 3.05) is 5.88 Å². The molecule has 0 bridgehead atoms. The molecule has 0 aliphatic rings. The minimum absolute atomic E-state index is 0.0408. The first kappa shape index (κ1) is 12.4. The van der Waals surface area contributed by atoms with Crippen LogP contribution in [0.3, 0.4) is 0 Å². The van der Waals surface area contributed by atoms with E-state index >= 15 is 0 Å². The first-order valence-corrected chi connectivity index (χ1v) is 5.11. The fraction of sp³-hybridized carbons (Fsp3) is 0.500. The molecule has 7 nitrogen and oxygen atoms in total. The predicted octanol–water partition coefficient (Wildman–Crippen LogP) is 0.177. The number of hydrogen-bond acceptors (Lipinski definition) is 4. The highest BCUT2D eigenvalue weighted by Crippen LogP contribution is 2.00. The highest BCUT2D eigenvalue weighted by molar-refractivity contribution is 6.17. The maximum Gasteiger partial charge on any atom is 0.350 e. The molecule has 0 aliphatic heterocycles. The van der Waals surface area contributed by atoms with Gasteiger partial charge in [-0.15, -0.1) is 11.6 Å². The molecule has 0 spiro atoms. The van der Waals surface area contributed by atoms with Gasteiger partial charge in [0, 0.05) is 19.0 Å². The van der Waals surface area contributed by atoms with E-state index in [0.717, 1.165) is 15.3 Å². The Kier molecular flexibility index (Phi) is 3.83. The summed E-state index contributed by atoms with van der Waals surface area (Å²) in [5, 5.41) is 10.6. The van der Waals surface area contributed by atoms with E-state index in [9.17, 15) is 19.7 Å². The number of rotatable bonds is 4. The van der Waals surface area contributed by atoms with Gasteiger partial charge in [0.2, 0.25) is 0 Å². The third-order valence-electron chi connectivity index (χ3n) is 2.06. The normalized spacial score (nSPS) is 10.4. The maximum absolute atomic E-state index is 11.6. The van der Waals surface area contributed by atoms with Crippen molar-refractivity contribution >= 4 is 17.3 Å². The molecule has 16 heavy (non-hydrogen) atoms. The quantitative estimate of drug-likeness (QED) is 0.431. The molecule has 0 aromatic carbocycles. The molecule has 8 heteroatoms. The second-order valence-corrected chi connectivity index (χ2v) is 3.36. The van der Waals surface area contributed by atoms with Crippen molar-refractivity contribution in [3.8, 4) is 0 Å². The zero-order valence-corrected chi connectivity index (χ0v) is 9.31. The molecule has 1 rings (SSSR count). The summed E-state index contributed by atoms with van der Waals surface area (Å²) in [6, 6.07) is 0. The summed E-state index contributed by atoms with van der Waals surface area (Å²) < 4.78 is 1.88. The Bertz CT molecular complexity index is 519. The summed E-state index contributed by atoms with van der Waals surface area (Å²) in [5.74, 6) is 0.0417. The number of aryl methyl sites for hydroxylation is 1. The lowest BCUT2D eigenvalue weighted by Crippen LogP contribution is -2.40. The van der Waals surface area contributed by atoms with Crippen molar-refractivity contribution in [1.82, 2.24) is 9.13 Å². The van der Waals surface area contributed by atoms with Crippen LogP contribution in [0.5, 0.6) is 0 Å². The van der Waals surface area contributed by atoms with Crippen LogP contribution in [0.2, 0.25) is 0 Å². The Balaban J connectivity index is 3.58. The van der Waals surface area contributed by atoms with Crippen molar-refractivity contribution in [1.29, 1.82) is 0 Å². The van der Waals surface area contributed by atoms with Gasteiger partial charge in [-0.3, -0.25) is 24.0 Å². The average molecular weight is 248 g/mol. The first-order valence-electron chi connectivity index (χ1n) is 4.57. The first-order chi connectivity index (χ1) is 7.52. The Labute approximate surface area is 95.0 Å². The number of nitrogens with zero attached hydrogens (tertiary/aromatic N) is 3. The van der Waals surface area contributed by atoms with Gasteiger partial charge in [0.25, 0.3) is 0 Å². The summed E-state index contributed by atoms with van der Waals surface area (Å²) >= 11 is 5.43. The fourth-order valence-electron chi connectivity index (χ4n) is 1.27. The molecule has 1 heterocycles. The minimum atomic E-state index is -0.916. The Hall–Kier alpha value is -1.63. The number of hydrogen-bond donors (Lipinski definition) is 0. The zero-order valence-electron chi connectivity index (χ0n) is 8.55. The summed E-state index contributed by atoms with van der Waals surface area (Å²) in [4.78, 5) is 33.0. The zero-order chi connectivity index (χ0) is 12.3. The molecule has 0 aliphatic carbocycles. The van der Waals surface area contributed by atoms with E-state index in [2.05, 4.69) is 0 Å². The molecule has 1 aromatic heterocycles. The summed E-state index contributed by atoms with van der Waals surface area (Å²) in [6.07, 6.45) is 0.954. The third-order valence-corrected chi connectivity index (χ3v) is 2.23. The molecule has 0 amide bonds. The largest absolute Gasteiger partial charge is 0.350 e. The molecule has 0 atom stereocenters. The highest BCUT2D eigenvalue weighted by Gasteiger charge is 2.18. The average Bonchev–Trinajstić information content (AvgIpc) is 2.24. The van der Waals surface area contributed by atoms with Crippen LogP contribution in [-0.4, -0.2) is 19.9 Å². The van der Waals surface area contributed by atoms with E-state index in [1.165, 1.54) is 0 Å². The van der Waals surface area contributed by atoms with Gasteiger partial charge in [0.15, 0.2) is 0 Å². The minimum Gasteiger partial charge on any atom is -0.294 e. The van der Waals surface area contributed by atoms with Gasteiger partial charge in [-0.2, -0.15) is 0 Å². The fourth-order valence-corrected chi connectivity index (χ4v) is 1.44. The second-order valence-electron chi connectivity index (χ2n) is 2.99. The molecule has 0 N–H and O–H groups in total. The van der Waals surface area contributed by atoms with E-state index < -0.39 is 21.9 Å². The van der Waals surface area contributed by atoms with Gasteiger partial charge in [0.1, 0.15) is 0 Å². The Morgan fingerprint density at radius 1 is 1.50 bits per heavy atom. The van der Waals surface area contributed by atoms with Crippen molar-refractivity contribution in [2.45, 2.75) is 20.0 Å². The van der Waals surface area contributed by atoms with Gasteiger partial charge < -0.3 is 0 Å². The lowest BCUT2D eigenvalue weighted by Gasteiger charge is -2.06. The van der Waals surface area contributed by atoms with Crippen LogP contribution in [0.25, 0.3) is 0 Å². The van der Waals surface area contributed by atoms with Crippen LogP contribution in [0.15, 0.2) is 15.8 Å². The topological polar surface area (TPSA) is 87.1 Å². The van der Waals surface area contributed by atoms with E-state index in [1.807, 2.05) is 0 Å². The molecular formula is C8H10ClN3O4. The van der Waals surface area contributed by atoms with Gasteiger partial charge in [-0.25, -0.2) is 4.79 Å². The van der Waals surface area contributed by atoms with Gasteiger partial charge >= 0.3 is 16.9 Å². The standard InChI is InChI=1S/C8H10ClN3O4/c1-2-10-5-6(12(15)16)7(13)11(4-3-9)8(10)14/h5H,2-4H2,1H3. The summed E-state index contributed by atoms with van der Waals surface area (Å²) in [5.41, 5.74) is -2.12. The molecule has 0 saturated carbocycles. The SMILES string of the molecule is CCn1cc([N+](=O)[O-])c(=O)n(CCCl)c1=O. The number of aromatic nitrogens is 2. The molecule has 1 aromatic rings. The van der Waals surface area contributed by atoms with Gasteiger partial charge in [0.05, 0.1) is 11.1 Å². The van der Waals surface area contributed by atoms with Crippen LogP contribution in [-0.2, 0) is 13.1 Å². The number of alkyl halides is 1. The Morgan fingerprint density at radius 3 is 2.56 bits per heavy atom. The molecule has 0 saturated heterocycles. The monoisotopic (exact) mass is 247 g/mol. The number of halogens is 1.